The lowest BCUT2D eigenvalue weighted by Gasteiger charge is -2.20. The number of ether oxygens (including phenoxy) is 2. The second kappa shape index (κ2) is 6.20. The van der Waals surface area contributed by atoms with Crippen LogP contribution in [0.25, 0.3) is 0 Å². The Kier molecular flexibility index (Phi) is 4.23. The summed E-state index contributed by atoms with van der Waals surface area (Å²) in [5, 5.41) is 0. The van der Waals surface area contributed by atoms with Gasteiger partial charge in [0.1, 0.15) is 19.0 Å². The SMILES string of the molecule is CN(C)c1ccc(F)cc1NS(=O)(=O)c1ccc2c(c1)OCCO2. The van der Waals surface area contributed by atoms with Crippen LogP contribution >= 0.6 is 0 Å². The lowest BCUT2D eigenvalue weighted by Crippen LogP contribution is -2.19. The summed E-state index contributed by atoms with van der Waals surface area (Å²) < 4.78 is 52.0. The molecule has 0 amide bonds. The number of hydrogen-bond donors (Lipinski definition) is 1. The van der Waals surface area contributed by atoms with Crippen molar-refractivity contribution in [3.63, 3.8) is 0 Å². The highest BCUT2D eigenvalue weighted by molar-refractivity contribution is 7.92. The maximum atomic E-state index is 13.5. The molecule has 0 radical (unpaired) electrons. The normalized spacial score (nSPS) is 13.5. The molecule has 0 saturated heterocycles. The molecule has 8 heteroatoms. The van der Waals surface area contributed by atoms with E-state index in [-0.39, 0.29) is 10.6 Å². The van der Waals surface area contributed by atoms with Crippen LogP contribution in [0.1, 0.15) is 0 Å². The maximum Gasteiger partial charge on any atom is 0.262 e. The van der Waals surface area contributed by atoms with Crippen molar-refractivity contribution < 1.29 is 22.3 Å². The van der Waals surface area contributed by atoms with E-state index in [9.17, 15) is 12.8 Å². The van der Waals surface area contributed by atoms with Gasteiger partial charge in [0.05, 0.1) is 16.3 Å². The highest BCUT2D eigenvalue weighted by atomic mass is 32.2. The zero-order valence-electron chi connectivity index (χ0n) is 13.2. The van der Waals surface area contributed by atoms with E-state index >= 15 is 0 Å². The lowest BCUT2D eigenvalue weighted by molar-refractivity contribution is 0.171. The Morgan fingerprint density at radius 1 is 1.04 bits per heavy atom. The lowest BCUT2D eigenvalue weighted by atomic mass is 10.2. The predicted octanol–water partition coefficient (Wildman–Crippen LogP) is 2.46. The van der Waals surface area contributed by atoms with E-state index in [0.717, 1.165) is 6.07 Å². The van der Waals surface area contributed by atoms with Crippen LogP contribution in [0.5, 0.6) is 11.5 Å². The van der Waals surface area contributed by atoms with Crippen molar-refractivity contribution in [2.45, 2.75) is 4.90 Å². The van der Waals surface area contributed by atoms with Crippen LogP contribution in [0.4, 0.5) is 15.8 Å². The summed E-state index contributed by atoms with van der Waals surface area (Å²) in [7, 11) is -0.408. The monoisotopic (exact) mass is 352 g/mol. The summed E-state index contributed by atoms with van der Waals surface area (Å²) in [6.07, 6.45) is 0. The second-order valence-electron chi connectivity index (χ2n) is 5.47. The molecule has 0 aliphatic carbocycles. The van der Waals surface area contributed by atoms with Gasteiger partial charge in [0.2, 0.25) is 0 Å². The summed E-state index contributed by atoms with van der Waals surface area (Å²) >= 11 is 0. The molecular weight excluding hydrogens is 335 g/mol. The number of rotatable bonds is 4. The molecule has 128 valence electrons. The molecular formula is C16H17FN2O4S. The standard InChI is InChI=1S/C16H17FN2O4S/c1-19(2)14-5-3-11(17)9-13(14)18-24(20,21)12-4-6-15-16(10-12)23-8-7-22-15/h3-6,9-10,18H,7-8H2,1-2H3. The first-order valence-corrected chi connectivity index (χ1v) is 8.74. The number of benzene rings is 2. The van der Waals surface area contributed by atoms with Crippen LogP contribution in [0, 0.1) is 5.82 Å². The quantitative estimate of drug-likeness (QED) is 0.916. The first kappa shape index (κ1) is 16.4. The minimum absolute atomic E-state index is 0.0146. The van der Waals surface area contributed by atoms with Crippen LogP contribution in [0.3, 0.4) is 0 Å². The van der Waals surface area contributed by atoms with E-state index in [1.807, 2.05) is 0 Å². The van der Waals surface area contributed by atoms with E-state index in [1.165, 1.54) is 24.3 Å². The molecule has 1 aliphatic rings. The highest BCUT2D eigenvalue weighted by Gasteiger charge is 2.21. The van der Waals surface area contributed by atoms with Crippen molar-refractivity contribution in [2.24, 2.45) is 0 Å². The number of anilines is 2. The topological polar surface area (TPSA) is 67.9 Å². The van der Waals surface area contributed by atoms with Crippen molar-refractivity contribution in [1.29, 1.82) is 0 Å². The number of nitrogens with one attached hydrogen (secondary N) is 1. The van der Waals surface area contributed by atoms with Gasteiger partial charge in [0, 0.05) is 26.2 Å². The average Bonchev–Trinajstić information content (AvgIpc) is 2.53. The Balaban J connectivity index is 1.96. The van der Waals surface area contributed by atoms with Crippen LogP contribution in [0.2, 0.25) is 0 Å². The Labute approximate surface area is 139 Å². The molecule has 3 rings (SSSR count). The van der Waals surface area contributed by atoms with Crippen LogP contribution in [0.15, 0.2) is 41.3 Å². The smallest absolute Gasteiger partial charge is 0.262 e. The van der Waals surface area contributed by atoms with Crippen molar-refractivity contribution >= 4 is 21.4 Å². The van der Waals surface area contributed by atoms with Gasteiger partial charge >= 0.3 is 0 Å². The molecule has 1 heterocycles. The maximum absolute atomic E-state index is 13.5. The van der Waals surface area contributed by atoms with Gasteiger partial charge in [-0.15, -0.1) is 0 Å². The molecule has 0 atom stereocenters. The predicted molar refractivity (Wildman–Crippen MR) is 89.0 cm³/mol. The number of halogens is 1. The molecule has 6 nitrogen and oxygen atoms in total. The summed E-state index contributed by atoms with van der Waals surface area (Å²) in [6, 6.07) is 8.29. The molecule has 1 N–H and O–H groups in total. The first-order valence-electron chi connectivity index (χ1n) is 7.26. The number of fused-ring (bicyclic) bond motifs is 1. The number of hydrogen-bond acceptors (Lipinski definition) is 5. The number of sulfonamides is 1. The van der Waals surface area contributed by atoms with E-state index in [1.54, 1.807) is 25.1 Å². The molecule has 0 aromatic heterocycles. The highest BCUT2D eigenvalue weighted by Crippen LogP contribution is 2.34. The Bertz CT molecular complexity index is 868. The molecule has 0 unspecified atom stereocenters. The van der Waals surface area contributed by atoms with E-state index in [0.29, 0.717) is 30.4 Å². The minimum Gasteiger partial charge on any atom is -0.486 e. The summed E-state index contributed by atoms with van der Waals surface area (Å²) in [4.78, 5) is 1.71. The van der Waals surface area contributed by atoms with Gasteiger partial charge in [-0.25, -0.2) is 12.8 Å². The molecule has 24 heavy (non-hydrogen) atoms. The third-order valence-corrected chi connectivity index (χ3v) is 4.87. The third kappa shape index (κ3) is 3.23. The third-order valence-electron chi connectivity index (χ3n) is 3.51. The van der Waals surface area contributed by atoms with E-state index in [4.69, 9.17) is 9.47 Å². The fourth-order valence-electron chi connectivity index (χ4n) is 2.37. The summed E-state index contributed by atoms with van der Waals surface area (Å²) in [5.74, 6) is 0.344. The van der Waals surface area contributed by atoms with Crippen molar-refractivity contribution in [3.05, 3.63) is 42.2 Å². The van der Waals surface area contributed by atoms with Gasteiger partial charge in [-0.05, 0) is 24.3 Å². The molecule has 2 aromatic rings. The summed E-state index contributed by atoms with van der Waals surface area (Å²) in [6.45, 7) is 0.783. The Hall–Kier alpha value is -2.48. The Morgan fingerprint density at radius 3 is 2.46 bits per heavy atom. The molecule has 0 spiro atoms. The van der Waals surface area contributed by atoms with Crippen LogP contribution in [-0.4, -0.2) is 35.7 Å². The van der Waals surface area contributed by atoms with Crippen molar-refractivity contribution in [1.82, 2.24) is 0 Å². The number of nitrogens with zero attached hydrogens (tertiary/aromatic N) is 1. The first-order chi connectivity index (χ1) is 11.4. The van der Waals surface area contributed by atoms with Gasteiger partial charge in [-0.1, -0.05) is 0 Å². The average molecular weight is 352 g/mol. The zero-order chi connectivity index (χ0) is 17.3. The minimum atomic E-state index is -3.90. The van der Waals surface area contributed by atoms with Crippen LogP contribution < -0.4 is 19.1 Å². The van der Waals surface area contributed by atoms with Crippen molar-refractivity contribution in [2.75, 3.05) is 36.9 Å². The zero-order valence-corrected chi connectivity index (χ0v) is 14.1. The second-order valence-corrected chi connectivity index (χ2v) is 7.15. The largest absolute Gasteiger partial charge is 0.486 e. The van der Waals surface area contributed by atoms with Gasteiger partial charge in [0.15, 0.2) is 11.5 Å². The van der Waals surface area contributed by atoms with Gasteiger partial charge in [-0.3, -0.25) is 4.72 Å². The van der Waals surface area contributed by atoms with Gasteiger partial charge in [0.25, 0.3) is 10.0 Å². The van der Waals surface area contributed by atoms with E-state index in [2.05, 4.69) is 4.72 Å². The molecule has 1 aliphatic heterocycles. The van der Waals surface area contributed by atoms with Gasteiger partial charge in [-0.2, -0.15) is 0 Å². The van der Waals surface area contributed by atoms with E-state index < -0.39 is 15.8 Å². The Morgan fingerprint density at radius 2 is 1.75 bits per heavy atom. The molecule has 0 bridgehead atoms. The fourth-order valence-corrected chi connectivity index (χ4v) is 3.45. The van der Waals surface area contributed by atoms with Gasteiger partial charge < -0.3 is 14.4 Å². The molecule has 2 aromatic carbocycles. The molecule has 0 saturated carbocycles. The molecule has 0 fully saturated rings. The van der Waals surface area contributed by atoms with Crippen LogP contribution in [-0.2, 0) is 10.0 Å². The fraction of sp³-hybridized carbons (Fsp3) is 0.250. The summed E-state index contributed by atoms with van der Waals surface area (Å²) in [5.41, 5.74) is 0.715. The van der Waals surface area contributed by atoms with Crippen molar-refractivity contribution in [3.8, 4) is 11.5 Å².